The van der Waals surface area contributed by atoms with Crippen molar-refractivity contribution in [3.63, 3.8) is 0 Å². The van der Waals surface area contributed by atoms with Crippen molar-refractivity contribution in [3.8, 4) is 0 Å². The molecule has 3 nitrogen and oxygen atoms in total. The summed E-state index contributed by atoms with van der Waals surface area (Å²) >= 11 is 0. The number of imide groups is 1. The van der Waals surface area contributed by atoms with Gasteiger partial charge in [0.2, 0.25) is 11.8 Å². The van der Waals surface area contributed by atoms with E-state index in [1.807, 2.05) is 69.3 Å². The Morgan fingerprint density at radius 3 is 2.35 bits per heavy atom. The number of hydrogen-bond acceptors (Lipinski definition) is 2. The Bertz CT molecular complexity index is 751. The molecule has 2 atom stereocenters. The van der Waals surface area contributed by atoms with Gasteiger partial charge in [0.15, 0.2) is 0 Å². The van der Waals surface area contributed by atoms with Crippen LogP contribution < -0.4 is 4.90 Å². The molecule has 0 bridgehead atoms. The van der Waals surface area contributed by atoms with Crippen LogP contribution in [0.4, 0.5) is 5.69 Å². The summed E-state index contributed by atoms with van der Waals surface area (Å²) in [4.78, 5) is 26.6. The molecule has 1 aliphatic heterocycles. The molecule has 2 amide bonds. The van der Waals surface area contributed by atoms with E-state index in [4.69, 9.17) is 0 Å². The van der Waals surface area contributed by atoms with Crippen LogP contribution in [-0.4, -0.2) is 11.8 Å². The number of anilines is 1. The molecule has 0 radical (unpaired) electrons. The van der Waals surface area contributed by atoms with Crippen molar-refractivity contribution >= 4 is 17.5 Å². The van der Waals surface area contributed by atoms with Crippen molar-refractivity contribution in [3.05, 3.63) is 65.2 Å². The quantitative estimate of drug-likeness (QED) is 0.804. The van der Waals surface area contributed by atoms with Crippen LogP contribution in [0.25, 0.3) is 0 Å². The lowest BCUT2D eigenvalue weighted by molar-refractivity contribution is -0.122. The smallest absolute Gasteiger partial charge is 0.237 e. The summed E-state index contributed by atoms with van der Waals surface area (Å²) in [5.41, 5.74) is 4.02. The fourth-order valence-electron chi connectivity index (χ4n) is 3.17. The zero-order valence-electron chi connectivity index (χ0n) is 13.7. The molecule has 0 spiro atoms. The SMILES string of the molecule is Cc1ccc(N2C(=O)C[C@@H]([C@H](C)c3ccccc3)C2=O)cc1C. The van der Waals surface area contributed by atoms with Crippen LogP contribution in [0.15, 0.2) is 48.5 Å². The van der Waals surface area contributed by atoms with Gasteiger partial charge in [-0.15, -0.1) is 0 Å². The van der Waals surface area contributed by atoms with Crippen molar-refractivity contribution in [2.45, 2.75) is 33.1 Å². The summed E-state index contributed by atoms with van der Waals surface area (Å²) in [6.45, 7) is 6.04. The van der Waals surface area contributed by atoms with Crippen LogP contribution >= 0.6 is 0 Å². The van der Waals surface area contributed by atoms with Gasteiger partial charge >= 0.3 is 0 Å². The topological polar surface area (TPSA) is 37.4 Å². The third-order valence-corrected chi connectivity index (χ3v) is 4.86. The molecule has 118 valence electrons. The van der Waals surface area contributed by atoms with Gasteiger partial charge in [0, 0.05) is 6.42 Å². The number of amides is 2. The molecule has 1 fully saturated rings. The standard InChI is InChI=1S/C20H21NO2/c1-13-9-10-17(11-14(13)2)21-19(22)12-18(20(21)23)15(3)16-7-5-4-6-8-16/h4-11,15,18H,12H2,1-3H3/t15-,18+/m1/s1. The lowest BCUT2D eigenvalue weighted by Gasteiger charge is -2.20. The number of carbonyl (C=O) groups excluding carboxylic acids is 2. The molecule has 0 aromatic heterocycles. The number of carbonyl (C=O) groups is 2. The van der Waals surface area contributed by atoms with Gasteiger partial charge in [0.05, 0.1) is 11.6 Å². The minimum absolute atomic E-state index is 0.0317. The first kappa shape index (κ1) is 15.5. The van der Waals surface area contributed by atoms with E-state index in [2.05, 4.69) is 0 Å². The Morgan fingerprint density at radius 1 is 1.00 bits per heavy atom. The van der Waals surface area contributed by atoms with Gasteiger partial charge in [-0.05, 0) is 48.6 Å². The van der Waals surface area contributed by atoms with E-state index in [-0.39, 0.29) is 30.1 Å². The highest BCUT2D eigenvalue weighted by Crippen LogP contribution is 2.36. The summed E-state index contributed by atoms with van der Waals surface area (Å²) in [7, 11) is 0. The van der Waals surface area contributed by atoms with Crippen LogP contribution in [0.3, 0.4) is 0 Å². The maximum Gasteiger partial charge on any atom is 0.237 e. The minimum Gasteiger partial charge on any atom is -0.274 e. The fourth-order valence-corrected chi connectivity index (χ4v) is 3.17. The first-order valence-corrected chi connectivity index (χ1v) is 7.98. The van der Waals surface area contributed by atoms with Gasteiger partial charge < -0.3 is 0 Å². The Labute approximate surface area is 136 Å². The average molecular weight is 307 g/mol. The van der Waals surface area contributed by atoms with E-state index in [0.717, 1.165) is 16.7 Å². The predicted octanol–water partition coefficient (Wildman–Crippen LogP) is 3.99. The first-order chi connectivity index (χ1) is 11.0. The maximum atomic E-state index is 12.8. The summed E-state index contributed by atoms with van der Waals surface area (Å²) in [6, 6.07) is 15.7. The molecule has 0 unspecified atom stereocenters. The largest absolute Gasteiger partial charge is 0.274 e. The van der Waals surface area contributed by atoms with Crippen LogP contribution in [0.5, 0.6) is 0 Å². The molecule has 2 aromatic rings. The van der Waals surface area contributed by atoms with E-state index in [1.165, 1.54) is 4.90 Å². The normalized spacial score (nSPS) is 19.3. The van der Waals surface area contributed by atoms with Crippen molar-refractivity contribution in [1.29, 1.82) is 0 Å². The van der Waals surface area contributed by atoms with Gasteiger partial charge in [0.1, 0.15) is 0 Å². The summed E-state index contributed by atoms with van der Waals surface area (Å²) in [5, 5.41) is 0. The molecule has 1 saturated heterocycles. The summed E-state index contributed by atoms with van der Waals surface area (Å²) < 4.78 is 0. The second kappa shape index (κ2) is 5.99. The van der Waals surface area contributed by atoms with Gasteiger partial charge in [-0.25, -0.2) is 0 Å². The van der Waals surface area contributed by atoms with Crippen LogP contribution in [0.1, 0.15) is 36.0 Å². The fraction of sp³-hybridized carbons (Fsp3) is 0.300. The van der Waals surface area contributed by atoms with E-state index in [0.29, 0.717) is 5.69 Å². The monoisotopic (exact) mass is 307 g/mol. The Balaban J connectivity index is 1.89. The number of nitrogens with zero attached hydrogens (tertiary/aromatic N) is 1. The zero-order valence-corrected chi connectivity index (χ0v) is 13.7. The maximum absolute atomic E-state index is 12.8. The second-order valence-electron chi connectivity index (χ2n) is 6.35. The average Bonchev–Trinajstić information content (AvgIpc) is 2.85. The molecule has 1 aliphatic rings. The van der Waals surface area contributed by atoms with E-state index in [1.54, 1.807) is 0 Å². The predicted molar refractivity (Wildman–Crippen MR) is 91.4 cm³/mol. The molecule has 0 aliphatic carbocycles. The van der Waals surface area contributed by atoms with Gasteiger partial charge in [0.25, 0.3) is 0 Å². The van der Waals surface area contributed by atoms with E-state index >= 15 is 0 Å². The molecule has 23 heavy (non-hydrogen) atoms. The molecular weight excluding hydrogens is 286 g/mol. The Hall–Kier alpha value is -2.42. The van der Waals surface area contributed by atoms with E-state index < -0.39 is 0 Å². The number of hydrogen-bond donors (Lipinski definition) is 0. The van der Waals surface area contributed by atoms with Crippen molar-refractivity contribution < 1.29 is 9.59 Å². The van der Waals surface area contributed by atoms with E-state index in [9.17, 15) is 9.59 Å². The van der Waals surface area contributed by atoms with Crippen LogP contribution in [0.2, 0.25) is 0 Å². The molecule has 0 saturated carbocycles. The molecule has 0 N–H and O–H groups in total. The third kappa shape index (κ3) is 2.79. The van der Waals surface area contributed by atoms with Gasteiger partial charge in [-0.1, -0.05) is 43.3 Å². The number of aryl methyl sites for hydroxylation is 2. The molecule has 1 heterocycles. The lowest BCUT2D eigenvalue weighted by atomic mass is 9.86. The highest BCUT2D eigenvalue weighted by Gasteiger charge is 2.42. The van der Waals surface area contributed by atoms with Crippen LogP contribution in [-0.2, 0) is 9.59 Å². The van der Waals surface area contributed by atoms with Crippen molar-refractivity contribution in [2.24, 2.45) is 5.92 Å². The summed E-state index contributed by atoms with van der Waals surface area (Å²) in [5.74, 6) is -0.448. The van der Waals surface area contributed by atoms with Gasteiger partial charge in [-0.3, -0.25) is 14.5 Å². The highest BCUT2D eigenvalue weighted by molar-refractivity contribution is 6.21. The highest BCUT2D eigenvalue weighted by atomic mass is 16.2. The minimum atomic E-state index is -0.286. The molecule has 2 aromatic carbocycles. The van der Waals surface area contributed by atoms with Gasteiger partial charge in [-0.2, -0.15) is 0 Å². The molecule has 3 rings (SSSR count). The number of benzene rings is 2. The Kier molecular flexibility index (Phi) is 4.03. The first-order valence-electron chi connectivity index (χ1n) is 7.98. The molecular formula is C20H21NO2. The third-order valence-electron chi connectivity index (χ3n) is 4.86. The van der Waals surface area contributed by atoms with Crippen molar-refractivity contribution in [1.82, 2.24) is 0 Å². The summed E-state index contributed by atoms with van der Waals surface area (Å²) in [6.07, 6.45) is 0.280. The molecule has 3 heteroatoms. The lowest BCUT2D eigenvalue weighted by Crippen LogP contribution is -2.31. The van der Waals surface area contributed by atoms with Crippen molar-refractivity contribution in [2.75, 3.05) is 4.90 Å². The number of rotatable bonds is 3. The zero-order chi connectivity index (χ0) is 16.6. The Morgan fingerprint density at radius 2 is 1.70 bits per heavy atom. The van der Waals surface area contributed by atoms with Crippen LogP contribution in [0, 0.1) is 19.8 Å². The second-order valence-corrected chi connectivity index (χ2v) is 6.35.